The Morgan fingerprint density at radius 1 is 1.40 bits per heavy atom. The van der Waals surface area contributed by atoms with Gasteiger partial charge in [0.05, 0.1) is 12.2 Å². The number of hydrogen-bond acceptors (Lipinski definition) is 3. The SMILES string of the molecule is C=C(C)c1nn2cc(C3CC3)cnc2c1CN1CC(CCC)CC1=O. The van der Waals surface area contributed by atoms with Crippen molar-refractivity contribution >= 4 is 17.1 Å². The predicted molar refractivity (Wildman–Crippen MR) is 98.1 cm³/mol. The van der Waals surface area contributed by atoms with Crippen molar-refractivity contribution in [3.8, 4) is 0 Å². The van der Waals surface area contributed by atoms with Crippen LogP contribution in [-0.4, -0.2) is 31.9 Å². The van der Waals surface area contributed by atoms with Crippen LogP contribution in [0.15, 0.2) is 19.0 Å². The lowest BCUT2D eigenvalue weighted by atomic mass is 10.0. The summed E-state index contributed by atoms with van der Waals surface area (Å²) in [6.45, 7) is 9.66. The number of aromatic nitrogens is 3. The summed E-state index contributed by atoms with van der Waals surface area (Å²) >= 11 is 0. The van der Waals surface area contributed by atoms with Crippen LogP contribution in [-0.2, 0) is 11.3 Å². The molecule has 1 saturated carbocycles. The van der Waals surface area contributed by atoms with Crippen LogP contribution in [0.1, 0.15) is 68.7 Å². The first kappa shape index (κ1) is 16.3. The predicted octanol–water partition coefficient (Wildman–Crippen LogP) is 3.79. The van der Waals surface area contributed by atoms with E-state index in [-0.39, 0.29) is 5.91 Å². The zero-order chi connectivity index (χ0) is 17.6. The van der Waals surface area contributed by atoms with Gasteiger partial charge in [0.1, 0.15) is 0 Å². The van der Waals surface area contributed by atoms with E-state index in [9.17, 15) is 4.79 Å². The van der Waals surface area contributed by atoms with E-state index in [1.54, 1.807) is 0 Å². The molecule has 25 heavy (non-hydrogen) atoms. The van der Waals surface area contributed by atoms with Crippen molar-refractivity contribution in [1.29, 1.82) is 0 Å². The monoisotopic (exact) mass is 338 g/mol. The van der Waals surface area contributed by atoms with Crippen LogP contribution in [0.3, 0.4) is 0 Å². The fourth-order valence-corrected chi connectivity index (χ4v) is 3.91. The number of nitrogens with zero attached hydrogens (tertiary/aromatic N) is 4. The third-order valence-corrected chi connectivity index (χ3v) is 5.38. The molecule has 3 heterocycles. The van der Waals surface area contributed by atoms with Gasteiger partial charge in [-0.05, 0) is 49.2 Å². The van der Waals surface area contributed by atoms with Crippen LogP contribution >= 0.6 is 0 Å². The van der Waals surface area contributed by atoms with E-state index in [2.05, 4.69) is 24.7 Å². The van der Waals surface area contributed by atoms with E-state index >= 15 is 0 Å². The van der Waals surface area contributed by atoms with Gasteiger partial charge in [0, 0.05) is 30.9 Å². The number of rotatable bonds is 6. The van der Waals surface area contributed by atoms with Gasteiger partial charge in [-0.25, -0.2) is 9.50 Å². The van der Waals surface area contributed by atoms with Gasteiger partial charge < -0.3 is 4.90 Å². The lowest BCUT2D eigenvalue weighted by Crippen LogP contribution is -2.25. The van der Waals surface area contributed by atoms with Crippen LogP contribution in [0.2, 0.25) is 0 Å². The maximum absolute atomic E-state index is 12.4. The molecule has 1 atom stereocenters. The zero-order valence-corrected chi connectivity index (χ0v) is 15.2. The van der Waals surface area contributed by atoms with Crippen LogP contribution in [0.5, 0.6) is 0 Å². The van der Waals surface area contributed by atoms with E-state index in [0.29, 0.717) is 24.8 Å². The molecule has 1 unspecified atom stereocenters. The number of allylic oxidation sites excluding steroid dienone is 1. The highest BCUT2D eigenvalue weighted by atomic mass is 16.2. The molecule has 2 aromatic rings. The fraction of sp³-hybridized carbons (Fsp3) is 0.550. The minimum absolute atomic E-state index is 0.250. The summed E-state index contributed by atoms with van der Waals surface area (Å²) in [7, 11) is 0. The number of carbonyl (C=O) groups excluding carboxylic acids is 1. The minimum Gasteiger partial charge on any atom is -0.338 e. The Kier molecular flexibility index (Phi) is 4.10. The first-order valence-corrected chi connectivity index (χ1v) is 9.37. The summed E-state index contributed by atoms with van der Waals surface area (Å²) in [6, 6.07) is 0. The second-order valence-electron chi connectivity index (χ2n) is 7.67. The van der Waals surface area contributed by atoms with Crippen LogP contribution in [0, 0.1) is 5.92 Å². The summed E-state index contributed by atoms with van der Waals surface area (Å²) in [6.07, 6.45) is 9.49. The fourth-order valence-electron chi connectivity index (χ4n) is 3.91. The van der Waals surface area contributed by atoms with Crippen LogP contribution in [0.4, 0.5) is 0 Å². The van der Waals surface area contributed by atoms with Crippen molar-refractivity contribution in [3.63, 3.8) is 0 Å². The van der Waals surface area contributed by atoms with Gasteiger partial charge in [-0.15, -0.1) is 0 Å². The average molecular weight is 338 g/mol. The highest BCUT2D eigenvalue weighted by Gasteiger charge is 2.31. The first-order chi connectivity index (χ1) is 12.1. The molecular formula is C20H26N4O. The Hall–Kier alpha value is -2.17. The quantitative estimate of drug-likeness (QED) is 0.805. The summed E-state index contributed by atoms with van der Waals surface area (Å²) < 4.78 is 1.89. The van der Waals surface area contributed by atoms with E-state index in [4.69, 9.17) is 5.10 Å². The number of fused-ring (bicyclic) bond motifs is 1. The highest BCUT2D eigenvalue weighted by Crippen LogP contribution is 2.39. The number of likely N-dealkylation sites (tertiary alicyclic amines) is 1. The largest absolute Gasteiger partial charge is 0.338 e. The molecule has 0 spiro atoms. The zero-order valence-electron chi connectivity index (χ0n) is 15.2. The second-order valence-corrected chi connectivity index (χ2v) is 7.67. The molecule has 0 aromatic carbocycles. The molecule has 0 N–H and O–H groups in total. The molecule has 5 heteroatoms. The third-order valence-electron chi connectivity index (χ3n) is 5.38. The molecule has 0 bridgehead atoms. The smallest absolute Gasteiger partial charge is 0.223 e. The number of amides is 1. The van der Waals surface area contributed by atoms with Crippen LogP contribution in [0.25, 0.3) is 11.2 Å². The summed E-state index contributed by atoms with van der Waals surface area (Å²) in [4.78, 5) is 19.1. The highest BCUT2D eigenvalue weighted by molar-refractivity contribution is 5.79. The molecule has 1 aliphatic heterocycles. The lowest BCUT2D eigenvalue weighted by molar-refractivity contribution is -0.128. The molecule has 1 amide bonds. The van der Waals surface area contributed by atoms with Gasteiger partial charge >= 0.3 is 0 Å². The van der Waals surface area contributed by atoms with E-state index < -0.39 is 0 Å². The van der Waals surface area contributed by atoms with Crippen molar-refractivity contribution < 1.29 is 4.79 Å². The molecule has 1 saturated heterocycles. The molecule has 132 valence electrons. The summed E-state index contributed by atoms with van der Waals surface area (Å²) in [5, 5.41) is 4.72. The Morgan fingerprint density at radius 3 is 2.88 bits per heavy atom. The van der Waals surface area contributed by atoms with Crippen molar-refractivity contribution in [2.24, 2.45) is 5.92 Å². The maximum Gasteiger partial charge on any atom is 0.223 e. The Bertz CT molecular complexity index is 834. The van der Waals surface area contributed by atoms with Gasteiger partial charge in [0.25, 0.3) is 0 Å². The molecule has 2 fully saturated rings. The second kappa shape index (κ2) is 6.28. The van der Waals surface area contributed by atoms with Crippen molar-refractivity contribution in [3.05, 3.63) is 35.8 Å². The molecule has 2 aliphatic rings. The van der Waals surface area contributed by atoms with Gasteiger partial charge in [0.15, 0.2) is 5.65 Å². The Morgan fingerprint density at radius 2 is 2.20 bits per heavy atom. The van der Waals surface area contributed by atoms with Crippen molar-refractivity contribution in [2.45, 2.75) is 58.4 Å². The van der Waals surface area contributed by atoms with E-state index in [1.165, 1.54) is 18.4 Å². The molecule has 4 rings (SSSR count). The van der Waals surface area contributed by atoms with Crippen molar-refractivity contribution in [2.75, 3.05) is 6.54 Å². The normalized spacial score (nSPS) is 20.6. The Balaban J connectivity index is 1.66. The molecule has 0 radical (unpaired) electrons. The number of hydrogen-bond donors (Lipinski definition) is 0. The maximum atomic E-state index is 12.4. The van der Waals surface area contributed by atoms with E-state index in [1.807, 2.05) is 22.5 Å². The summed E-state index contributed by atoms with van der Waals surface area (Å²) in [5.74, 6) is 1.38. The third kappa shape index (κ3) is 3.08. The topological polar surface area (TPSA) is 50.5 Å². The standard InChI is InChI=1S/C20H26N4O/c1-4-5-14-8-18(25)23(10-14)12-17-19(13(2)3)22-24-11-16(15-6-7-15)9-21-20(17)24/h9,11,14-15H,2,4-8,10,12H2,1,3H3. The van der Waals surface area contributed by atoms with Gasteiger partial charge in [-0.3, -0.25) is 4.79 Å². The molecule has 1 aliphatic carbocycles. The van der Waals surface area contributed by atoms with Crippen LogP contribution < -0.4 is 0 Å². The lowest BCUT2D eigenvalue weighted by Gasteiger charge is -2.16. The first-order valence-electron chi connectivity index (χ1n) is 9.37. The Labute approximate surface area is 148 Å². The van der Waals surface area contributed by atoms with Gasteiger partial charge in [-0.2, -0.15) is 5.10 Å². The van der Waals surface area contributed by atoms with Gasteiger partial charge in [0.2, 0.25) is 5.91 Å². The van der Waals surface area contributed by atoms with E-state index in [0.717, 1.165) is 41.9 Å². The molecule has 2 aromatic heterocycles. The van der Waals surface area contributed by atoms with Crippen molar-refractivity contribution in [1.82, 2.24) is 19.5 Å². The molecule has 5 nitrogen and oxygen atoms in total. The van der Waals surface area contributed by atoms with Gasteiger partial charge in [-0.1, -0.05) is 19.9 Å². The average Bonchev–Trinajstić information content (AvgIpc) is 3.29. The summed E-state index contributed by atoms with van der Waals surface area (Å²) in [5.41, 5.74) is 4.95. The number of carbonyl (C=O) groups is 1. The minimum atomic E-state index is 0.250. The molecular weight excluding hydrogens is 312 g/mol.